The van der Waals surface area contributed by atoms with Crippen LogP contribution in [0.5, 0.6) is 5.75 Å². The summed E-state index contributed by atoms with van der Waals surface area (Å²) in [6.07, 6.45) is 0.427. The molecule has 1 heterocycles. The first-order chi connectivity index (χ1) is 9.00. The monoisotopic (exact) mass is 283 g/mol. The zero-order chi connectivity index (χ0) is 13.9. The molecule has 104 valence electrons. The fraction of sp³-hybridized carbons (Fsp3) is 0.462. The number of hydrogen-bond acceptors (Lipinski definition) is 4. The molecule has 1 saturated heterocycles. The molecular weight excluding hydrogens is 266 g/mol. The maximum absolute atomic E-state index is 11.8. The number of hydrogen-bond donors (Lipinski definition) is 1. The Labute approximate surface area is 112 Å². The summed E-state index contributed by atoms with van der Waals surface area (Å²) >= 11 is 0. The van der Waals surface area contributed by atoms with Gasteiger partial charge in [-0.15, -0.1) is 0 Å². The number of amides is 1. The van der Waals surface area contributed by atoms with Crippen LogP contribution >= 0.6 is 0 Å². The first-order valence-corrected chi connectivity index (χ1v) is 7.93. The third-order valence-corrected chi connectivity index (χ3v) is 5.00. The van der Waals surface area contributed by atoms with Crippen molar-refractivity contribution >= 4 is 15.7 Å². The van der Waals surface area contributed by atoms with Crippen molar-refractivity contribution in [2.75, 3.05) is 18.6 Å². The third-order valence-electron chi connectivity index (χ3n) is 3.23. The molecule has 1 atom stereocenters. The summed E-state index contributed by atoms with van der Waals surface area (Å²) in [5, 5.41) is 2.77. The Morgan fingerprint density at radius 3 is 2.58 bits per heavy atom. The first-order valence-electron chi connectivity index (χ1n) is 6.11. The molecule has 1 aromatic carbocycles. The predicted octanol–water partition coefficient (Wildman–Crippen LogP) is 0.746. The second-order valence-corrected chi connectivity index (χ2v) is 6.89. The molecule has 1 N–H and O–H groups in total. The SMILES string of the molecule is COc1ccc(CNC(=O)C2CCS(=O)(=O)C2)cc1. The summed E-state index contributed by atoms with van der Waals surface area (Å²) < 4.78 is 27.6. The van der Waals surface area contributed by atoms with E-state index in [9.17, 15) is 13.2 Å². The van der Waals surface area contributed by atoms with Crippen molar-refractivity contribution in [3.63, 3.8) is 0 Å². The minimum absolute atomic E-state index is 0.0263. The quantitative estimate of drug-likeness (QED) is 0.885. The molecule has 1 unspecified atom stereocenters. The van der Waals surface area contributed by atoms with Crippen LogP contribution in [0.3, 0.4) is 0 Å². The highest BCUT2D eigenvalue weighted by atomic mass is 32.2. The molecule has 1 aromatic rings. The van der Waals surface area contributed by atoms with E-state index in [2.05, 4.69) is 5.32 Å². The van der Waals surface area contributed by atoms with Gasteiger partial charge in [-0.05, 0) is 24.1 Å². The van der Waals surface area contributed by atoms with E-state index in [-0.39, 0.29) is 17.4 Å². The fourth-order valence-electron chi connectivity index (χ4n) is 2.08. The van der Waals surface area contributed by atoms with Gasteiger partial charge in [-0.2, -0.15) is 0 Å². The Bertz CT molecular complexity index is 551. The molecular formula is C13H17NO4S. The Morgan fingerprint density at radius 1 is 1.37 bits per heavy atom. The zero-order valence-corrected chi connectivity index (χ0v) is 11.6. The van der Waals surface area contributed by atoms with Crippen molar-refractivity contribution in [1.29, 1.82) is 0 Å². The number of nitrogens with one attached hydrogen (secondary N) is 1. The smallest absolute Gasteiger partial charge is 0.224 e. The van der Waals surface area contributed by atoms with Crippen molar-refractivity contribution in [1.82, 2.24) is 5.32 Å². The molecule has 1 aliphatic rings. The number of carbonyl (C=O) groups excluding carboxylic acids is 1. The van der Waals surface area contributed by atoms with E-state index in [1.54, 1.807) is 7.11 Å². The van der Waals surface area contributed by atoms with E-state index >= 15 is 0 Å². The zero-order valence-electron chi connectivity index (χ0n) is 10.8. The van der Waals surface area contributed by atoms with Crippen molar-refractivity contribution in [3.8, 4) is 5.75 Å². The highest BCUT2D eigenvalue weighted by Crippen LogP contribution is 2.18. The Morgan fingerprint density at radius 2 is 2.05 bits per heavy atom. The van der Waals surface area contributed by atoms with Crippen LogP contribution in [0.1, 0.15) is 12.0 Å². The molecule has 1 aliphatic heterocycles. The summed E-state index contributed by atoms with van der Waals surface area (Å²) in [6, 6.07) is 7.37. The van der Waals surface area contributed by atoms with Crippen LogP contribution in [0.2, 0.25) is 0 Å². The van der Waals surface area contributed by atoms with Gasteiger partial charge in [0, 0.05) is 6.54 Å². The lowest BCUT2D eigenvalue weighted by atomic mass is 10.1. The highest BCUT2D eigenvalue weighted by molar-refractivity contribution is 7.91. The second-order valence-electron chi connectivity index (χ2n) is 4.67. The number of rotatable bonds is 4. The summed E-state index contributed by atoms with van der Waals surface area (Å²) in [6.45, 7) is 0.402. The van der Waals surface area contributed by atoms with E-state index in [0.29, 0.717) is 13.0 Å². The average Bonchev–Trinajstić information content (AvgIpc) is 2.77. The van der Waals surface area contributed by atoms with Crippen LogP contribution in [0.25, 0.3) is 0 Å². The minimum atomic E-state index is -3.01. The van der Waals surface area contributed by atoms with Gasteiger partial charge in [-0.1, -0.05) is 12.1 Å². The number of ether oxygens (including phenoxy) is 1. The Balaban J connectivity index is 1.86. The Hall–Kier alpha value is -1.56. The van der Waals surface area contributed by atoms with E-state index in [1.165, 1.54) is 0 Å². The van der Waals surface area contributed by atoms with E-state index in [4.69, 9.17) is 4.74 Å². The lowest BCUT2D eigenvalue weighted by Crippen LogP contribution is -2.30. The topological polar surface area (TPSA) is 72.5 Å². The van der Waals surface area contributed by atoms with Crippen molar-refractivity contribution in [3.05, 3.63) is 29.8 Å². The normalized spacial score (nSPS) is 21.0. The van der Waals surface area contributed by atoms with Crippen molar-refractivity contribution < 1.29 is 17.9 Å². The fourth-order valence-corrected chi connectivity index (χ4v) is 3.82. The summed E-state index contributed by atoms with van der Waals surface area (Å²) in [7, 11) is -1.42. The second kappa shape index (κ2) is 5.61. The number of benzene rings is 1. The lowest BCUT2D eigenvalue weighted by molar-refractivity contribution is -0.124. The van der Waals surface area contributed by atoms with Crippen LogP contribution in [0, 0.1) is 5.92 Å². The van der Waals surface area contributed by atoms with Crippen molar-refractivity contribution in [2.24, 2.45) is 5.92 Å². The van der Waals surface area contributed by atoms with Gasteiger partial charge in [-0.25, -0.2) is 8.42 Å². The minimum Gasteiger partial charge on any atom is -0.497 e. The number of carbonyl (C=O) groups is 1. The molecule has 0 spiro atoms. The molecule has 2 rings (SSSR count). The maximum atomic E-state index is 11.8. The molecule has 0 bridgehead atoms. The van der Waals surface area contributed by atoms with Crippen LogP contribution in [-0.2, 0) is 21.2 Å². The maximum Gasteiger partial charge on any atom is 0.224 e. The van der Waals surface area contributed by atoms with Crippen LogP contribution in [-0.4, -0.2) is 32.9 Å². The summed E-state index contributed by atoms with van der Waals surface area (Å²) in [5.74, 6) is 0.270. The van der Waals surface area contributed by atoms with Gasteiger partial charge in [0.15, 0.2) is 9.84 Å². The average molecular weight is 283 g/mol. The largest absolute Gasteiger partial charge is 0.497 e. The van der Waals surface area contributed by atoms with Crippen LogP contribution < -0.4 is 10.1 Å². The molecule has 6 heteroatoms. The van der Waals surface area contributed by atoms with Gasteiger partial charge in [0.25, 0.3) is 0 Å². The molecule has 0 saturated carbocycles. The predicted molar refractivity (Wildman–Crippen MR) is 71.6 cm³/mol. The molecule has 1 amide bonds. The van der Waals surface area contributed by atoms with Crippen molar-refractivity contribution in [2.45, 2.75) is 13.0 Å². The summed E-state index contributed by atoms with van der Waals surface area (Å²) in [5.41, 5.74) is 0.954. The van der Waals surface area contributed by atoms with Crippen LogP contribution in [0.4, 0.5) is 0 Å². The summed E-state index contributed by atoms with van der Waals surface area (Å²) in [4.78, 5) is 11.8. The molecule has 0 aliphatic carbocycles. The van der Waals surface area contributed by atoms with Crippen LogP contribution in [0.15, 0.2) is 24.3 Å². The third kappa shape index (κ3) is 3.70. The highest BCUT2D eigenvalue weighted by Gasteiger charge is 2.32. The Kier molecular flexibility index (Phi) is 4.09. The number of methoxy groups -OCH3 is 1. The standard InChI is InChI=1S/C13H17NO4S/c1-18-12-4-2-10(3-5-12)8-14-13(15)11-6-7-19(16,17)9-11/h2-5,11H,6-9H2,1H3,(H,14,15). The first kappa shape index (κ1) is 13.9. The van der Waals surface area contributed by atoms with Gasteiger partial charge in [0.1, 0.15) is 5.75 Å². The van der Waals surface area contributed by atoms with Gasteiger partial charge < -0.3 is 10.1 Å². The van der Waals surface area contributed by atoms with Gasteiger partial charge in [0.2, 0.25) is 5.91 Å². The molecule has 0 radical (unpaired) electrons. The van der Waals surface area contributed by atoms with E-state index in [1.807, 2.05) is 24.3 Å². The van der Waals surface area contributed by atoms with Gasteiger partial charge >= 0.3 is 0 Å². The lowest BCUT2D eigenvalue weighted by Gasteiger charge is -2.09. The van der Waals surface area contributed by atoms with E-state index < -0.39 is 15.8 Å². The molecule has 19 heavy (non-hydrogen) atoms. The van der Waals surface area contributed by atoms with Gasteiger partial charge in [0.05, 0.1) is 24.5 Å². The van der Waals surface area contributed by atoms with E-state index in [0.717, 1.165) is 11.3 Å². The molecule has 0 aromatic heterocycles. The van der Waals surface area contributed by atoms with Gasteiger partial charge in [-0.3, -0.25) is 4.79 Å². The molecule has 5 nitrogen and oxygen atoms in total. The number of sulfone groups is 1. The molecule has 1 fully saturated rings.